The first-order chi connectivity index (χ1) is 2.64. The predicted octanol–water partition coefficient (Wildman–Crippen LogP) is -0.471. The minimum absolute atomic E-state index is 1.98. The highest BCUT2D eigenvalue weighted by Crippen LogP contribution is 1.91. The summed E-state index contributed by atoms with van der Waals surface area (Å²) in [7, 11) is 0. The van der Waals surface area contributed by atoms with E-state index in [9.17, 15) is 8.78 Å². The van der Waals surface area contributed by atoms with Crippen LogP contribution in [0.1, 0.15) is 0 Å². The SMILES string of the molecule is N[C@@H](O)C(F)F. The van der Waals surface area contributed by atoms with Gasteiger partial charge in [-0.1, -0.05) is 0 Å². The van der Waals surface area contributed by atoms with Crippen LogP contribution in [-0.2, 0) is 0 Å². The molecule has 0 spiro atoms. The van der Waals surface area contributed by atoms with Crippen LogP contribution >= 0.6 is 0 Å². The molecule has 0 aliphatic heterocycles. The van der Waals surface area contributed by atoms with E-state index in [-0.39, 0.29) is 0 Å². The number of nitrogens with two attached hydrogens (primary N) is 1. The molecule has 0 aliphatic carbocycles. The van der Waals surface area contributed by atoms with Crippen molar-refractivity contribution in [1.82, 2.24) is 0 Å². The van der Waals surface area contributed by atoms with Gasteiger partial charge in [-0.25, -0.2) is 8.78 Å². The quantitative estimate of drug-likeness (QED) is 0.434. The van der Waals surface area contributed by atoms with Crippen LogP contribution in [0.4, 0.5) is 8.78 Å². The van der Waals surface area contributed by atoms with E-state index < -0.39 is 12.7 Å². The van der Waals surface area contributed by atoms with Crippen LogP contribution in [0.5, 0.6) is 0 Å². The number of aliphatic hydroxyl groups excluding tert-OH is 1. The number of alkyl halides is 2. The smallest absolute Gasteiger partial charge is 0.276 e. The maximum absolute atomic E-state index is 10.8. The molecule has 0 unspecified atom stereocenters. The van der Waals surface area contributed by atoms with Crippen LogP contribution in [-0.4, -0.2) is 17.8 Å². The second-order valence-corrected chi connectivity index (χ2v) is 0.825. The number of halogens is 2. The second-order valence-electron chi connectivity index (χ2n) is 0.825. The maximum Gasteiger partial charge on any atom is 0.276 e. The standard InChI is InChI=1S/C2H5F2NO/c3-1(4)2(5)6/h1-2,6H,5H2/t2-/m0/s1. The molecule has 6 heavy (non-hydrogen) atoms. The molecule has 0 aromatic carbocycles. The Kier molecular flexibility index (Phi) is 1.97. The van der Waals surface area contributed by atoms with Crippen molar-refractivity contribution in [2.24, 2.45) is 5.73 Å². The molecular weight excluding hydrogens is 92.0 g/mol. The summed E-state index contributed by atoms with van der Waals surface area (Å²) in [5, 5.41) is 7.66. The minimum Gasteiger partial charge on any atom is -0.373 e. The van der Waals surface area contributed by atoms with Crippen molar-refractivity contribution in [3.8, 4) is 0 Å². The van der Waals surface area contributed by atoms with E-state index in [2.05, 4.69) is 5.73 Å². The van der Waals surface area contributed by atoms with Crippen molar-refractivity contribution in [2.75, 3.05) is 0 Å². The summed E-state index contributed by atoms with van der Waals surface area (Å²) in [5.74, 6) is 0. The van der Waals surface area contributed by atoms with Crippen LogP contribution in [0, 0.1) is 0 Å². The topological polar surface area (TPSA) is 46.2 Å². The largest absolute Gasteiger partial charge is 0.373 e. The van der Waals surface area contributed by atoms with Gasteiger partial charge in [0.2, 0.25) is 0 Å². The highest BCUT2D eigenvalue weighted by Gasteiger charge is 2.08. The third-order valence-electron chi connectivity index (χ3n) is 0.258. The number of aliphatic hydroxyl groups is 1. The molecule has 3 N–H and O–H groups in total. The van der Waals surface area contributed by atoms with Gasteiger partial charge < -0.3 is 10.8 Å². The third kappa shape index (κ3) is 2.04. The maximum atomic E-state index is 10.8. The van der Waals surface area contributed by atoms with Crippen LogP contribution in [0.15, 0.2) is 0 Å². The molecule has 2 nitrogen and oxygen atoms in total. The van der Waals surface area contributed by atoms with Crippen molar-refractivity contribution in [3.63, 3.8) is 0 Å². The first-order valence-corrected chi connectivity index (χ1v) is 1.36. The van der Waals surface area contributed by atoms with Crippen LogP contribution in [0.3, 0.4) is 0 Å². The summed E-state index contributed by atoms with van der Waals surface area (Å²) in [5.41, 5.74) is 4.24. The molecule has 0 bridgehead atoms. The second kappa shape index (κ2) is 2.04. The lowest BCUT2D eigenvalue weighted by molar-refractivity contribution is -0.000168. The lowest BCUT2D eigenvalue weighted by Gasteiger charge is -1.97. The summed E-state index contributed by atoms with van der Waals surface area (Å²) < 4.78 is 21.6. The Hall–Kier alpha value is -0.220. The lowest BCUT2D eigenvalue weighted by Crippen LogP contribution is -2.27. The van der Waals surface area contributed by atoms with Gasteiger partial charge in [0.05, 0.1) is 0 Å². The van der Waals surface area contributed by atoms with Gasteiger partial charge in [0, 0.05) is 0 Å². The van der Waals surface area contributed by atoms with Gasteiger partial charge in [-0.2, -0.15) is 0 Å². The van der Waals surface area contributed by atoms with Crippen LogP contribution in [0.2, 0.25) is 0 Å². The van der Waals surface area contributed by atoms with Gasteiger partial charge in [0.25, 0.3) is 6.43 Å². The van der Waals surface area contributed by atoms with E-state index in [4.69, 9.17) is 5.11 Å². The van der Waals surface area contributed by atoms with E-state index in [1.54, 1.807) is 0 Å². The van der Waals surface area contributed by atoms with Crippen LogP contribution < -0.4 is 5.73 Å². The Labute approximate surface area is 33.6 Å². The van der Waals surface area contributed by atoms with Gasteiger partial charge in [0.15, 0.2) is 6.23 Å². The molecule has 0 radical (unpaired) electrons. The third-order valence-corrected chi connectivity index (χ3v) is 0.258. The normalized spacial score (nSPS) is 15.5. The van der Waals surface area contributed by atoms with E-state index >= 15 is 0 Å². The molecule has 38 valence electrons. The first-order valence-electron chi connectivity index (χ1n) is 1.36. The molecule has 1 atom stereocenters. The number of hydrogen-bond donors (Lipinski definition) is 2. The van der Waals surface area contributed by atoms with Gasteiger partial charge in [-0.05, 0) is 0 Å². The Morgan fingerprint density at radius 3 is 1.67 bits per heavy atom. The van der Waals surface area contributed by atoms with Gasteiger partial charge in [0.1, 0.15) is 0 Å². The molecule has 0 saturated carbocycles. The average Bonchev–Trinajstić information content (AvgIpc) is 1.36. The zero-order chi connectivity index (χ0) is 5.15. The van der Waals surface area contributed by atoms with E-state index in [1.807, 2.05) is 0 Å². The van der Waals surface area contributed by atoms with E-state index in [0.717, 1.165) is 0 Å². The van der Waals surface area contributed by atoms with Gasteiger partial charge in [-0.3, -0.25) is 0 Å². The minimum atomic E-state index is -2.81. The Morgan fingerprint density at radius 2 is 1.67 bits per heavy atom. The van der Waals surface area contributed by atoms with Crippen molar-refractivity contribution < 1.29 is 13.9 Å². The average molecular weight is 97.1 g/mol. The zero-order valence-electron chi connectivity index (χ0n) is 2.94. The van der Waals surface area contributed by atoms with Crippen molar-refractivity contribution >= 4 is 0 Å². The van der Waals surface area contributed by atoms with Crippen molar-refractivity contribution in [3.05, 3.63) is 0 Å². The fourth-order valence-corrected chi connectivity index (χ4v) is 0. The van der Waals surface area contributed by atoms with Crippen LogP contribution in [0.25, 0.3) is 0 Å². The number of hydrogen-bond acceptors (Lipinski definition) is 2. The fraction of sp³-hybridized carbons (Fsp3) is 1.00. The first kappa shape index (κ1) is 5.78. The Balaban J connectivity index is 2.99. The van der Waals surface area contributed by atoms with E-state index in [0.29, 0.717) is 0 Å². The molecule has 0 rings (SSSR count). The zero-order valence-corrected chi connectivity index (χ0v) is 2.94. The molecule has 0 aromatic rings. The number of rotatable bonds is 1. The molecule has 0 aliphatic rings. The summed E-state index contributed by atoms with van der Waals surface area (Å²) >= 11 is 0. The monoisotopic (exact) mass is 97.0 g/mol. The summed E-state index contributed by atoms with van der Waals surface area (Å²) in [6.07, 6.45) is -4.80. The molecule has 0 amide bonds. The highest BCUT2D eigenvalue weighted by atomic mass is 19.3. The Morgan fingerprint density at radius 1 is 1.50 bits per heavy atom. The molecule has 4 heteroatoms. The summed E-state index contributed by atoms with van der Waals surface area (Å²) in [4.78, 5) is 0. The fourth-order valence-electron chi connectivity index (χ4n) is 0. The molecular formula is C2H5F2NO. The van der Waals surface area contributed by atoms with Gasteiger partial charge >= 0.3 is 0 Å². The van der Waals surface area contributed by atoms with Crippen molar-refractivity contribution in [2.45, 2.75) is 12.7 Å². The van der Waals surface area contributed by atoms with Gasteiger partial charge in [-0.15, -0.1) is 0 Å². The predicted molar refractivity (Wildman–Crippen MR) is 16.2 cm³/mol. The lowest BCUT2D eigenvalue weighted by atomic mass is 10.6. The summed E-state index contributed by atoms with van der Waals surface area (Å²) in [6.45, 7) is 0. The summed E-state index contributed by atoms with van der Waals surface area (Å²) in [6, 6.07) is 0. The Bertz CT molecular complexity index is 32.5. The van der Waals surface area contributed by atoms with Crippen molar-refractivity contribution in [1.29, 1.82) is 0 Å². The highest BCUT2D eigenvalue weighted by molar-refractivity contribution is 4.41. The molecule has 0 fully saturated rings. The molecule has 0 heterocycles. The van der Waals surface area contributed by atoms with E-state index in [1.165, 1.54) is 0 Å². The molecule has 0 aromatic heterocycles. The molecule has 0 saturated heterocycles.